The normalized spacial score (nSPS) is 9.23. The second-order valence-corrected chi connectivity index (χ2v) is 2.45. The van der Waals surface area contributed by atoms with E-state index in [1.165, 1.54) is 6.20 Å². The Kier molecular flexibility index (Phi) is 2.59. The highest BCUT2D eigenvalue weighted by molar-refractivity contribution is 6.15. The van der Waals surface area contributed by atoms with Crippen molar-refractivity contribution in [3.05, 3.63) is 42.7 Å². The molecule has 0 aliphatic carbocycles. The van der Waals surface area contributed by atoms with Gasteiger partial charge in [-0.25, -0.2) is 4.79 Å². The fourth-order valence-electron chi connectivity index (χ4n) is 0.959. The number of aromatic nitrogens is 1. The molecule has 0 spiro atoms. The number of hydrogen-bond acceptors (Lipinski definition) is 2. The monoisotopic (exact) mass is 175 g/mol. The number of nitrogens with zero attached hydrogens (tertiary/aromatic N) is 1. The molecule has 0 aliphatic rings. The third-order valence-electron chi connectivity index (χ3n) is 1.66. The van der Waals surface area contributed by atoms with Crippen molar-refractivity contribution in [1.82, 2.24) is 4.98 Å². The van der Waals surface area contributed by atoms with Crippen LogP contribution in [0.5, 0.6) is 0 Å². The molecule has 0 saturated carbocycles. The van der Waals surface area contributed by atoms with Gasteiger partial charge >= 0.3 is 5.97 Å². The van der Waals surface area contributed by atoms with Crippen LogP contribution in [0.3, 0.4) is 0 Å². The molecule has 0 aromatic carbocycles. The van der Waals surface area contributed by atoms with Crippen LogP contribution < -0.4 is 0 Å². The zero-order chi connectivity index (χ0) is 9.84. The molecule has 0 bridgehead atoms. The molecular weight excluding hydrogens is 166 g/mol. The van der Waals surface area contributed by atoms with Gasteiger partial charge in [0.2, 0.25) is 0 Å². The first-order valence-corrected chi connectivity index (χ1v) is 3.66. The highest BCUT2D eigenvalue weighted by Crippen LogP contribution is 2.17. The lowest BCUT2D eigenvalue weighted by Gasteiger charge is -2.03. The van der Waals surface area contributed by atoms with Crippen LogP contribution in [0.15, 0.2) is 31.6 Å². The standard InChI is InChI=1S/C10H9NO2/c1-3-8-6-11-5-4-9(8)7(2)10(12)13/h3-6H,1-2H2,(H,12,13). The number of carboxylic acid groups (broad SMARTS) is 1. The molecule has 3 heteroatoms. The van der Waals surface area contributed by atoms with Crippen molar-refractivity contribution in [2.24, 2.45) is 0 Å². The molecule has 0 unspecified atom stereocenters. The third kappa shape index (κ3) is 1.82. The van der Waals surface area contributed by atoms with Gasteiger partial charge in [-0.15, -0.1) is 0 Å². The Balaban J connectivity index is 3.20. The highest BCUT2D eigenvalue weighted by Gasteiger charge is 2.09. The van der Waals surface area contributed by atoms with Gasteiger partial charge in [0.25, 0.3) is 0 Å². The lowest BCUT2D eigenvalue weighted by molar-refractivity contribution is -0.130. The van der Waals surface area contributed by atoms with E-state index in [9.17, 15) is 4.79 Å². The van der Waals surface area contributed by atoms with Gasteiger partial charge < -0.3 is 5.11 Å². The van der Waals surface area contributed by atoms with Crippen molar-refractivity contribution in [1.29, 1.82) is 0 Å². The van der Waals surface area contributed by atoms with E-state index < -0.39 is 5.97 Å². The molecule has 1 N–H and O–H groups in total. The minimum atomic E-state index is -1.03. The SMILES string of the molecule is C=Cc1cnccc1C(=C)C(=O)O. The van der Waals surface area contributed by atoms with Gasteiger partial charge in [-0.05, 0) is 11.6 Å². The molecule has 0 atom stereocenters. The van der Waals surface area contributed by atoms with Gasteiger partial charge in [-0.2, -0.15) is 0 Å². The summed E-state index contributed by atoms with van der Waals surface area (Å²) >= 11 is 0. The molecule has 1 aromatic heterocycles. The van der Waals surface area contributed by atoms with Crippen LogP contribution in [-0.2, 0) is 4.79 Å². The van der Waals surface area contributed by atoms with Gasteiger partial charge in [-0.1, -0.05) is 19.2 Å². The summed E-state index contributed by atoms with van der Waals surface area (Å²) in [6, 6.07) is 1.60. The van der Waals surface area contributed by atoms with Crippen molar-refractivity contribution in [3.8, 4) is 0 Å². The van der Waals surface area contributed by atoms with Crippen LogP contribution in [0, 0.1) is 0 Å². The average molecular weight is 175 g/mol. The average Bonchev–Trinajstić information content (AvgIpc) is 2.16. The van der Waals surface area contributed by atoms with E-state index in [0.717, 1.165) is 0 Å². The van der Waals surface area contributed by atoms with Crippen molar-refractivity contribution in [2.45, 2.75) is 0 Å². The predicted octanol–water partition coefficient (Wildman–Crippen LogP) is 1.82. The van der Waals surface area contributed by atoms with Crippen LogP contribution in [-0.4, -0.2) is 16.1 Å². The lowest BCUT2D eigenvalue weighted by Crippen LogP contribution is -2.00. The predicted molar refractivity (Wildman–Crippen MR) is 51.0 cm³/mol. The lowest BCUT2D eigenvalue weighted by atomic mass is 10.0. The number of aliphatic carboxylic acids is 1. The Morgan fingerprint density at radius 1 is 1.62 bits per heavy atom. The maximum atomic E-state index is 10.6. The molecule has 0 fully saturated rings. The van der Waals surface area contributed by atoms with Gasteiger partial charge in [0.15, 0.2) is 0 Å². The van der Waals surface area contributed by atoms with E-state index >= 15 is 0 Å². The van der Waals surface area contributed by atoms with Crippen LogP contribution >= 0.6 is 0 Å². The van der Waals surface area contributed by atoms with Crippen LogP contribution in [0.25, 0.3) is 11.6 Å². The van der Waals surface area contributed by atoms with Crippen LogP contribution in [0.4, 0.5) is 0 Å². The second-order valence-electron chi connectivity index (χ2n) is 2.45. The van der Waals surface area contributed by atoms with E-state index in [-0.39, 0.29) is 5.57 Å². The first-order valence-electron chi connectivity index (χ1n) is 3.66. The van der Waals surface area contributed by atoms with Gasteiger partial charge in [0.1, 0.15) is 0 Å². The zero-order valence-corrected chi connectivity index (χ0v) is 7.03. The van der Waals surface area contributed by atoms with Gasteiger partial charge in [0, 0.05) is 18.0 Å². The Hall–Kier alpha value is -1.90. The minimum Gasteiger partial charge on any atom is -0.478 e. The van der Waals surface area contributed by atoms with Crippen LogP contribution in [0.1, 0.15) is 11.1 Å². The quantitative estimate of drug-likeness (QED) is 0.713. The summed E-state index contributed by atoms with van der Waals surface area (Å²) in [6.07, 6.45) is 4.63. The fourth-order valence-corrected chi connectivity index (χ4v) is 0.959. The fraction of sp³-hybridized carbons (Fsp3) is 0. The summed E-state index contributed by atoms with van der Waals surface area (Å²) < 4.78 is 0. The van der Waals surface area contributed by atoms with E-state index in [1.807, 2.05) is 0 Å². The molecule has 3 nitrogen and oxygen atoms in total. The van der Waals surface area contributed by atoms with Gasteiger partial charge in [-0.3, -0.25) is 4.98 Å². The smallest absolute Gasteiger partial charge is 0.335 e. The van der Waals surface area contributed by atoms with Crippen molar-refractivity contribution in [3.63, 3.8) is 0 Å². The van der Waals surface area contributed by atoms with Crippen molar-refractivity contribution in [2.75, 3.05) is 0 Å². The van der Waals surface area contributed by atoms with E-state index in [1.54, 1.807) is 18.3 Å². The molecule has 0 radical (unpaired) electrons. The maximum Gasteiger partial charge on any atom is 0.335 e. The molecule has 66 valence electrons. The second kappa shape index (κ2) is 3.67. The Bertz CT molecular complexity index is 369. The van der Waals surface area contributed by atoms with Crippen molar-refractivity contribution >= 4 is 17.6 Å². The molecule has 1 rings (SSSR count). The Labute approximate surface area is 76.1 Å². The largest absolute Gasteiger partial charge is 0.478 e. The number of carbonyl (C=O) groups is 1. The van der Waals surface area contributed by atoms with E-state index in [2.05, 4.69) is 18.1 Å². The summed E-state index contributed by atoms with van der Waals surface area (Å²) in [5, 5.41) is 8.70. The molecule has 0 saturated heterocycles. The van der Waals surface area contributed by atoms with Crippen LogP contribution in [0.2, 0.25) is 0 Å². The third-order valence-corrected chi connectivity index (χ3v) is 1.66. The number of carboxylic acids is 1. The molecule has 0 amide bonds. The Morgan fingerprint density at radius 2 is 2.31 bits per heavy atom. The summed E-state index contributed by atoms with van der Waals surface area (Å²) in [5.74, 6) is -1.03. The molecule has 13 heavy (non-hydrogen) atoms. The summed E-state index contributed by atoms with van der Waals surface area (Å²) in [4.78, 5) is 14.5. The molecule has 1 heterocycles. The number of pyridine rings is 1. The van der Waals surface area contributed by atoms with E-state index in [0.29, 0.717) is 11.1 Å². The van der Waals surface area contributed by atoms with Crippen molar-refractivity contribution < 1.29 is 9.90 Å². The zero-order valence-electron chi connectivity index (χ0n) is 7.03. The van der Waals surface area contributed by atoms with Gasteiger partial charge in [0.05, 0.1) is 5.57 Å². The number of rotatable bonds is 3. The molecule has 1 aromatic rings. The topological polar surface area (TPSA) is 50.2 Å². The minimum absolute atomic E-state index is 0.0531. The number of hydrogen-bond donors (Lipinski definition) is 1. The Morgan fingerprint density at radius 3 is 2.85 bits per heavy atom. The summed E-state index contributed by atoms with van der Waals surface area (Å²) in [6.45, 7) is 7.02. The highest BCUT2D eigenvalue weighted by atomic mass is 16.4. The summed E-state index contributed by atoms with van der Waals surface area (Å²) in [7, 11) is 0. The first-order chi connectivity index (χ1) is 6.16. The molecule has 0 aliphatic heterocycles. The summed E-state index contributed by atoms with van der Waals surface area (Å²) in [5.41, 5.74) is 1.28. The first kappa shape index (κ1) is 9.19. The molecular formula is C10H9NO2. The maximum absolute atomic E-state index is 10.6. The van der Waals surface area contributed by atoms with E-state index in [4.69, 9.17) is 5.11 Å².